The van der Waals surface area contributed by atoms with E-state index in [0.29, 0.717) is 17.3 Å². The van der Waals surface area contributed by atoms with Gasteiger partial charge in [-0.15, -0.1) is 0 Å². The Labute approximate surface area is 158 Å². The van der Waals surface area contributed by atoms with Crippen LogP contribution in [0.15, 0.2) is 54.6 Å². The van der Waals surface area contributed by atoms with Gasteiger partial charge in [-0.1, -0.05) is 29.3 Å². The van der Waals surface area contributed by atoms with E-state index in [-0.39, 0.29) is 6.03 Å². The lowest BCUT2D eigenvalue weighted by atomic mass is 10.2. The molecule has 0 aliphatic heterocycles. The Morgan fingerprint density at radius 2 is 1.65 bits per heavy atom. The summed E-state index contributed by atoms with van der Waals surface area (Å²) in [6, 6.07) is 17.3. The summed E-state index contributed by atoms with van der Waals surface area (Å²) >= 11 is 5.85. The largest absolute Gasteiger partial charge is 0.334 e. The fourth-order valence-corrected chi connectivity index (χ4v) is 3.11. The van der Waals surface area contributed by atoms with Crippen LogP contribution in [0.1, 0.15) is 22.5 Å². The number of carbonyl (C=O) groups excluding carboxylic acids is 1. The zero-order valence-corrected chi connectivity index (χ0v) is 15.9. The topological polar surface area (TPSA) is 46.1 Å². The van der Waals surface area contributed by atoms with Crippen molar-refractivity contribution in [1.82, 2.24) is 9.88 Å². The van der Waals surface area contributed by atoms with E-state index in [1.165, 1.54) is 5.56 Å². The van der Waals surface area contributed by atoms with Crippen LogP contribution in [-0.4, -0.2) is 10.6 Å². The molecule has 3 rings (SSSR count). The van der Waals surface area contributed by atoms with Crippen molar-refractivity contribution in [3.8, 4) is 5.69 Å². The number of halogens is 1. The number of nitrogens with one attached hydrogen (secondary N) is 2. The van der Waals surface area contributed by atoms with Crippen molar-refractivity contribution < 1.29 is 4.79 Å². The van der Waals surface area contributed by atoms with Gasteiger partial charge in [-0.05, 0) is 68.8 Å². The number of anilines is 1. The van der Waals surface area contributed by atoms with E-state index in [1.54, 1.807) is 24.3 Å². The lowest BCUT2D eigenvalue weighted by Crippen LogP contribution is -2.28. The maximum atomic E-state index is 12.1. The SMILES string of the molecule is Cc1ccc(-n2c(C)cc(CNC(=O)Nc3ccc(Cl)cc3)c2C)cc1. The molecule has 2 N–H and O–H groups in total. The van der Waals surface area contributed by atoms with Crippen molar-refractivity contribution >= 4 is 23.3 Å². The molecule has 4 nitrogen and oxygen atoms in total. The van der Waals surface area contributed by atoms with Crippen LogP contribution in [0.5, 0.6) is 0 Å². The van der Waals surface area contributed by atoms with Gasteiger partial charge >= 0.3 is 6.03 Å². The Kier molecular flexibility index (Phi) is 5.33. The van der Waals surface area contributed by atoms with Crippen LogP contribution in [0, 0.1) is 20.8 Å². The highest BCUT2D eigenvalue weighted by atomic mass is 35.5. The second-order valence-corrected chi connectivity index (χ2v) is 6.82. The van der Waals surface area contributed by atoms with Gasteiger partial charge in [0.1, 0.15) is 0 Å². The van der Waals surface area contributed by atoms with Gasteiger partial charge in [0, 0.05) is 34.3 Å². The van der Waals surface area contributed by atoms with Crippen molar-refractivity contribution in [1.29, 1.82) is 0 Å². The van der Waals surface area contributed by atoms with E-state index >= 15 is 0 Å². The van der Waals surface area contributed by atoms with Gasteiger partial charge < -0.3 is 15.2 Å². The summed E-state index contributed by atoms with van der Waals surface area (Å²) in [5.41, 5.74) is 6.42. The fourth-order valence-electron chi connectivity index (χ4n) is 2.98. The Morgan fingerprint density at radius 1 is 1.00 bits per heavy atom. The third kappa shape index (κ3) is 4.09. The normalized spacial score (nSPS) is 10.6. The molecule has 1 heterocycles. The molecule has 0 saturated carbocycles. The van der Waals surface area contributed by atoms with Crippen molar-refractivity contribution in [3.05, 3.63) is 82.1 Å². The molecule has 2 aromatic carbocycles. The first kappa shape index (κ1) is 18.1. The molecular weight excluding hydrogens is 346 g/mol. The Balaban J connectivity index is 1.68. The molecule has 0 saturated heterocycles. The number of aromatic nitrogens is 1. The van der Waals surface area contributed by atoms with Crippen molar-refractivity contribution in [2.75, 3.05) is 5.32 Å². The standard InChI is InChI=1S/C21H22ClN3O/c1-14-4-10-20(11-5-14)25-15(2)12-17(16(25)3)13-23-21(26)24-19-8-6-18(22)7-9-19/h4-12H,13H2,1-3H3,(H2,23,24,26). The Bertz CT molecular complexity index is 912. The number of urea groups is 1. The molecule has 0 aliphatic carbocycles. The molecule has 0 fully saturated rings. The van der Waals surface area contributed by atoms with Gasteiger partial charge in [-0.2, -0.15) is 0 Å². The minimum absolute atomic E-state index is 0.243. The average Bonchev–Trinajstić information content (AvgIpc) is 2.90. The summed E-state index contributed by atoms with van der Waals surface area (Å²) in [6.45, 7) is 6.68. The summed E-state index contributed by atoms with van der Waals surface area (Å²) in [4.78, 5) is 12.1. The molecule has 0 unspecified atom stereocenters. The van der Waals surface area contributed by atoms with E-state index in [1.807, 2.05) is 0 Å². The monoisotopic (exact) mass is 367 g/mol. The average molecular weight is 368 g/mol. The molecule has 1 aromatic heterocycles. The highest BCUT2D eigenvalue weighted by Gasteiger charge is 2.11. The summed E-state index contributed by atoms with van der Waals surface area (Å²) in [6.07, 6.45) is 0. The molecule has 26 heavy (non-hydrogen) atoms. The molecule has 0 bridgehead atoms. The van der Waals surface area contributed by atoms with Crippen LogP contribution >= 0.6 is 11.6 Å². The van der Waals surface area contributed by atoms with E-state index < -0.39 is 0 Å². The highest BCUT2D eigenvalue weighted by molar-refractivity contribution is 6.30. The van der Waals surface area contributed by atoms with Gasteiger partial charge in [0.15, 0.2) is 0 Å². The molecule has 2 amide bonds. The van der Waals surface area contributed by atoms with Crippen molar-refractivity contribution in [2.45, 2.75) is 27.3 Å². The minimum Gasteiger partial charge on any atom is -0.334 e. The van der Waals surface area contributed by atoms with E-state index in [4.69, 9.17) is 11.6 Å². The molecule has 0 atom stereocenters. The second-order valence-electron chi connectivity index (χ2n) is 6.38. The summed E-state index contributed by atoms with van der Waals surface area (Å²) < 4.78 is 2.20. The molecular formula is C21H22ClN3O. The second kappa shape index (κ2) is 7.67. The minimum atomic E-state index is -0.243. The number of benzene rings is 2. The lowest BCUT2D eigenvalue weighted by molar-refractivity contribution is 0.251. The lowest BCUT2D eigenvalue weighted by Gasteiger charge is -2.11. The molecule has 0 aliphatic rings. The number of carbonyl (C=O) groups is 1. The molecule has 0 radical (unpaired) electrons. The van der Waals surface area contributed by atoms with Gasteiger partial charge in [-0.25, -0.2) is 4.79 Å². The summed E-state index contributed by atoms with van der Waals surface area (Å²) in [7, 11) is 0. The Hall–Kier alpha value is -2.72. The number of aryl methyl sites for hydroxylation is 2. The van der Waals surface area contributed by atoms with Crippen LogP contribution in [0.3, 0.4) is 0 Å². The predicted molar refractivity (Wildman–Crippen MR) is 107 cm³/mol. The molecule has 0 spiro atoms. The number of amides is 2. The number of hydrogen-bond donors (Lipinski definition) is 2. The maximum Gasteiger partial charge on any atom is 0.319 e. The molecule has 3 aromatic rings. The van der Waals surface area contributed by atoms with Crippen LogP contribution in [0.2, 0.25) is 5.02 Å². The van der Waals surface area contributed by atoms with Crippen LogP contribution in [-0.2, 0) is 6.54 Å². The fraction of sp³-hybridized carbons (Fsp3) is 0.190. The van der Waals surface area contributed by atoms with Crippen LogP contribution < -0.4 is 10.6 Å². The highest BCUT2D eigenvalue weighted by Crippen LogP contribution is 2.21. The van der Waals surface area contributed by atoms with E-state index in [0.717, 1.165) is 22.6 Å². The summed E-state index contributed by atoms with van der Waals surface area (Å²) in [5, 5.41) is 6.35. The third-order valence-electron chi connectivity index (χ3n) is 4.37. The first-order chi connectivity index (χ1) is 12.4. The van der Waals surface area contributed by atoms with Crippen molar-refractivity contribution in [3.63, 3.8) is 0 Å². The van der Waals surface area contributed by atoms with E-state index in [2.05, 4.69) is 66.3 Å². The van der Waals surface area contributed by atoms with Crippen molar-refractivity contribution in [2.24, 2.45) is 0 Å². The summed E-state index contributed by atoms with van der Waals surface area (Å²) in [5.74, 6) is 0. The molecule has 5 heteroatoms. The molecule has 134 valence electrons. The first-order valence-corrected chi connectivity index (χ1v) is 8.87. The number of hydrogen-bond acceptors (Lipinski definition) is 1. The Morgan fingerprint density at radius 3 is 2.31 bits per heavy atom. The van der Waals surface area contributed by atoms with Crippen LogP contribution in [0.25, 0.3) is 5.69 Å². The smallest absolute Gasteiger partial charge is 0.319 e. The van der Waals surface area contributed by atoms with Gasteiger partial charge in [-0.3, -0.25) is 0 Å². The third-order valence-corrected chi connectivity index (χ3v) is 4.62. The quantitative estimate of drug-likeness (QED) is 0.639. The van der Waals surface area contributed by atoms with Gasteiger partial charge in [0.25, 0.3) is 0 Å². The van der Waals surface area contributed by atoms with Gasteiger partial charge in [0.05, 0.1) is 0 Å². The van der Waals surface area contributed by atoms with E-state index in [9.17, 15) is 4.79 Å². The van der Waals surface area contributed by atoms with Crippen LogP contribution in [0.4, 0.5) is 10.5 Å². The van der Waals surface area contributed by atoms with Gasteiger partial charge in [0.2, 0.25) is 0 Å². The maximum absolute atomic E-state index is 12.1. The number of nitrogens with zero attached hydrogens (tertiary/aromatic N) is 1. The zero-order valence-electron chi connectivity index (χ0n) is 15.1. The number of rotatable bonds is 4. The zero-order chi connectivity index (χ0) is 18.7. The predicted octanol–water partition coefficient (Wildman–Crippen LogP) is 5.38. The first-order valence-electron chi connectivity index (χ1n) is 8.49.